The Morgan fingerprint density at radius 1 is 1.09 bits per heavy atom. The molecule has 4 aromatic rings. The smallest absolute Gasteiger partial charge is 0.322 e. The summed E-state index contributed by atoms with van der Waals surface area (Å²) in [7, 11) is 1.70. The summed E-state index contributed by atoms with van der Waals surface area (Å²) in [5.74, 6) is 0.00354. The van der Waals surface area contributed by atoms with Gasteiger partial charge in [0.15, 0.2) is 11.6 Å². The minimum absolute atomic E-state index is 0.0960. The molecule has 34 heavy (non-hydrogen) atoms. The largest absolute Gasteiger partial charge is 0.421 e. The first-order valence-corrected chi connectivity index (χ1v) is 11.5. The van der Waals surface area contributed by atoms with Crippen LogP contribution in [0.25, 0.3) is 11.3 Å². The van der Waals surface area contributed by atoms with Gasteiger partial charge in [-0.1, -0.05) is 36.4 Å². The fourth-order valence-corrected chi connectivity index (χ4v) is 4.67. The minimum atomic E-state index is -0.459. The van der Waals surface area contributed by atoms with Gasteiger partial charge in [-0.2, -0.15) is 9.97 Å². The molecule has 0 saturated carbocycles. The van der Waals surface area contributed by atoms with Crippen LogP contribution in [0.3, 0.4) is 0 Å². The van der Waals surface area contributed by atoms with E-state index >= 15 is 0 Å². The summed E-state index contributed by atoms with van der Waals surface area (Å²) < 4.78 is 21.9. The third-order valence-corrected chi connectivity index (χ3v) is 6.45. The third-order valence-electron chi connectivity index (χ3n) is 6.45. The van der Waals surface area contributed by atoms with Gasteiger partial charge in [-0.15, -0.1) is 0 Å². The molecule has 0 amide bonds. The van der Waals surface area contributed by atoms with Crippen molar-refractivity contribution in [2.75, 3.05) is 0 Å². The van der Waals surface area contributed by atoms with Gasteiger partial charge in [-0.25, -0.2) is 4.39 Å². The Labute approximate surface area is 197 Å². The molecule has 1 aliphatic carbocycles. The Hall–Kier alpha value is -3.80. The highest BCUT2D eigenvalue weighted by Gasteiger charge is 2.22. The van der Waals surface area contributed by atoms with E-state index in [0.717, 1.165) is 36.9 Å². The van der Waals surface area contributed by atoms with Crippen LogP contribution in [0.4, 0.5) is 4.39 Å². The van der Waals surface area contributed by atoms with Crippen LogP contribution in [-0.4, -0.2) is 14.5 Å². The molecule has 2 heterocycles. The number of hydrogen-bond donors (Lipinski definition) is 0. The van der Waals surface area contributed by atoms with E-state index in [2.05, 4.69) is 34.2 Å². The first-order valence-electron chi connectivity index (χ1n) is 11.5. The molecule has 0 spiro atoms. The Morgan fingerprint density at radius 3 is 2.76 bits per heavy atom. The van der Waals surface area contributed by atoms with Gasteiger partial charge in [0.2, 0.25) is 5.56 Å². The fourth-order valence-electron chi connectivity index (χ4n) is 4.67. The summed E-state index contributed by atoms with van der Waals surface area (Å²) in [5, 5.41) is 0. The van der Waals surface area contributed by atoms with E-state index in [1.54, 1.807) is 38.4 Å². The fraction of sp³-hybridized carbons (Fsp3) is 0.250. The quantitative estimate of drug-likeness (QED) is 0.385. The summed E-state index contributed by atoms with van der Waals surface area (Å²) in [5.41, 5.74) is 5.55. The molecule has 0 aliphatic heterocycles. The molecule has 2 aromatic heterocycles. The molecule has 1 aliphatic rings. The van der Waals surface area contributed by atoms with Crippen molar-refractivity contribution in [2.45, 2.75) is 38.5 Å². The lowest BCUT2D eigenvalue weighted by Gasteiger charge is -2.25. The molecule has 6 heteroatoms. The first kappa shape index (κ1) is 22.0. The van der Waals surface area contributed by atoms with Crippen molar-refractivity contribution in [3.8, 4) is 23.0 Å². The zero-order chi connectivity index (χ0) is 23.7. The van der Waals surface area contributed by atoms with Crippen molar-refractivity contribution >= 4 is 0 Å². The predicted octanol–water partition coefficient (Wildman–Crippen LogP) is 5.74. The van der Waals surface area contributed by atoms with E-state index in [0.29, 0.717) is 17.2 Å². The van der Waals surface area contributed by atoms with Gasteiger partial charge < -0.3 is 9.30 Å². The molecule has 5 rings (SSSR count). The first-order chi connectivity index (χ1) is 16.5. The van der Waals surface area contributed by atoms with Crippen molar-refractivity contribution in [2.24, 2.45) is 7.05 Å². The van der Waals surface area contributed by atoms with Gasteiger partial charge in [0, 0.05) is 30.6 Å². The van der Waals surface area contributed by atoms with E-state index in [1.807, 2.05) is 6.07 Å². The van der Waals surface area contributed by atoms with Crippen molar-refractivity contribution in [1.29, 1.82) is 0 Å². The second kappa shape index (κ2) is 9.21. The molecule has 172 valence electrons. The van der Waals surface area contributed by atoms with Crippen molar-refractivity contribution in [3.63, 3.8) is 0 Å². The lowest BCUT2D eigenvalue weighted by molar-refractivity contribution is 0.405. The number of aromatic nitrogens is 3. The van der Waals surface area contributed by atoms with E-state index in [-0.39, 0.29) is 17.3 Å². The van der Waals surface area contributed by atoms with E-state index in [1.165, 1.54) is 27.8 Å². The Bertz CT molecular complexity index is 1390. The molecule has 1 atom stereocenters. The van der Waals surface area contributed by atoms with Crippen LogP contribution < -0.4 is 10.3 Å². The number of hydrogen-bond acceptors (Lipinski definition) is 4. The number of fused-ring (bicyclic) bond motifs is 1. The SMILES string of the molecule is Cc1cccc(F)c1Oc1nc(C[C@H]2CCCc3ccccc32)cc(-c2ccc(=O)n(C)c2)n1. The summed E-state index contributed by atoms with van der Waals surface area (Å²) in [4.78, 5) is 21.1. The number of pyridine rings is 1. The monoisotopic (exact) mass is 455 g/mol. The summed E-state index contributed by atoms with van der Waals surface area (Å²) in [6.45, 7) is 1.79. The second-order valence-electron chi connectivity index (χ2n) is 8.87. The lowest BCUT2D eigenvalue weighted by atomic mass is 9.80. The summed E-state index contributed by atoms with van der Waals surface area (Å²) in [6, 6.07) is 18.7. The van der Waals surface area contributed by atoms with Gasteiger partial charge in [-0.05, 0) is 73.4 Å². The van der Waals surface area contributed by atoms with Crippen molar-refractivity contribution in [1.82, 2.24) is 14.5 Å². The molecule has 5 nitrogen and oxygen atoms in total. The second-order valence-corrected chi connectivity index (χ2v) is 8.87. The van der Waals surface area contributed by atoms with Crippen molar-refractivity contribution < 1.29 is 9.13 Å². The average molecular weight is 456 g/mol. The standard InChI is InChI=1S/C28H26FN3O2/c1-18-7-5-12-24(29)27(18)34-28-30-22(15-20-10-6-9-19-8-3-4-11-23(19)20)16-25(31-28)21-13-14-26(33)32(2)17-21/h3-5,7-8,11-14,16-17,20H,6,9-10,15H2,1-2H3/t20-/m1/s1. The van der Waals surface area contributed by atoms with Crippen molar-refractivity contribution in [3.05, 3.63) is 105 Å². The zero-order valence-corrected chi connectivity index (χ0v) is 19.3. The number of nitrogens with zero attached hydrogens (tertiary/aromatic N) is 3. The molecular weight excluding hydrogens is 429 g/mol. The average Bonchev–Trinajstić information content (AvgIpc) is 2.83. The van der Waals surface area contributed by atoms with Gasteiger partial charge >= 0.3 is 6.01 Å². The number of benzene rings is 2. The van der Waals surface area contributed by atoms with Crippen LogP contribution >= 0.6 is 0 Å². The number of aryl methyl sites for hydroxylation is 3. The molecule has 0 unspecified atom stereocenters. The topological polar surface area (TPSA) is 57.0 Å². The highest BCUT2D eigenvalue weighted by molar-refractivity contribution is 5.58. The Morgan fingerprint density at radius 2 is 1.94 bits per heavy atom. The van der Waals surface area contributed by atoms with Crippen LogP contribution in [-0.2, 0) is 19.9 Å². The van der Waals surface area contributed by atoms with Gasteiger partial charge in [0.1, 0.15) is 0 Å². The van der Waals surface area contributed by atoms with Crippen LogP contribution in [0.15, 0.2) is 71.7 Å². The normalized spacial score (nSPS) is 15.1. The molecule has 0 N–H and O–H groups in total. The molecular formula is C28H26FN3O2. The molecule has 0 radical (unpaired) electrons. The predicted molar refractivity (Wildman–Crippen MR) is 130 cm³/mol. The van der Waals surface area contributed by atoms with Crippen LogP contribution in [0.5, 0.6) is 11.8 Å². The molecule has 0 fully saturated rings. The highest BCUT2D eigenvalue weighted by Crippen LogP contribution is 2.35. The third kappa shape index (κ3) is 4.49. The number of para-hydroxylation sites is 1. The highest BCUT2D eigenvalue weighted by atomic mass is 19.1. The maximum atomic E-state index is 14.5. The minimum Gasteiger partial charge on any atom is -0.421 e. The molecule has 2 aromatic carbocycles. The maximum absolute atomic E-state index is 14.5. The Kier molecular flexibility index (Phi) is 5.97. The maximum Gasteiger partial charge on any atom is 0.322 e. The van der Waals surface area contributed by atoms with E-state index < -0.39 is 5.82 Å². The van der Waals surface area contributed by atoms with E-state index in [4.69, 9.17) is 4.74 Å². The number of ether oxygens (including phenoxy) is 1. The lowest BCUT2D eigenvalue weighted by Crippen LogP contribution is -2.15. The number of rotatable bonds is 5. The zero-order valence-electron chi connectivity index (χ0n) is 19.3. The van der Waals surface area contributed by atoms with E-state index in [9.17, 15) is 9.18 Å². The molecule has 0 saturated heterocycles. The van der Waals surface area contributed by atoms with Gasteiger partial charge in [0.25, 0.3) is 0 Å². The Balaban J connectivity index is 1.56. The molecule has 0 bridgehead atoms. The summed E-state index contributed by atoms with van der Waals surface area (Å²) in [6.07, 6.45) is 5.78. The summed E-state index contributed by atoms with van der Waals surface area (Å²) >= 11 is 0. The van der Waals surface area contributed by atoms with Gasteiger partial charge in [0.05, 0.1) is 5.69 Å². The number of halogens is 1. The van der Waals surface area contributed by atoms with Gasteiger partial charge in [-0.3, -0.25) is 4.79 Å². The van der Waals surface area contributed by atoms with Crippen LogP contribution in [0.1, 0.15) is 41.1 Å². The van der Waals surface area contributed by atoms with Crippen LogP contribution in [0, 0.1) is 12.7 Å². The van der Waals surface area contributed by atoms with Crippen LogP contribution in [0.2, 0.25) is 0 Å².